The maximum Gasteiger partial charge on any atom is 0.316 e. The number of amides is 1. The second-order valence-corrected chi connectivity index (χ2v) is 4.12. The van der Waals surface area contributed by atoms with Gasteiger partial charge in [-0.2, -0.15) is 4.98 Å². The van der Waals surface area contributed by atoms with E-state index in [1.54, 1.807) is 6.20 Å². The fourth-order valence-corrected chi connectivity index (χ4v) is 2.06. The number of aromatic nitrogens is 3. The molecular formula is C11H7ClN4O2. The van der Waals surface area contributed by atoms with Crippen molar-refractivity contribution in [2.75, 3.05) is 0 Å². The van der Waals surface area contributed by atoms with Crippen LogP contribution in [0.1, 0.15) is 21.9 Å². The van der Waals surface area contributed by atoms with Gasteiger partial charge in [-0.15, -0.1) is 0 Å². The van der Waals surface area contributed by atoms with Crippen molar-refractivity contribution < 1.29 is 9.32 Å². The van der Waals surface area contributed by atoms with Crippen LogP contribution in [0.5, 0.6) is 0 Å². The predicted octanol–water partition coefficient (Wildman–Crippen LogP) is 1.45. The molecule has 0 unspecified atom stereocenters. The largest absolute Gasteiger partial charge is 0.361 e. The standard InChI is InChI=1S/C11H7ClN4O2/c12-8-5-2-1-3-7(5)14-4-6(8)10-15-11(9(13)17)18-16-10/h1-2,4H,3H2,(H2,13,17). The van der Waals surface area contributed by atoms with E-state index in [1.807, 2.05) is 12.2 Å². The molecule has 0 spiro atoms. The fraction of sp³-hybridized carbons (Fsp3) is 0.0909. The molecular weight excluding hydrogens is 256 g/mol. The van der Waals surface area contributed by atoms with E-state index in [-0.39, 0.29) is 11.7 Å². The summed E-state index contributed by atoms with van der Waals surface area (Å²) < 4.78 is 4.71. The summed E-state index contributed by atoms with van der Waals surface area (Å²) in [5, 5.41) is 4.15. The van der Waals surface area contributed by atoms with Crippen LogP contribution >= 0.6 is 11.6 Å². The van der Waals surface area contributed by atoms with Gasteiger partial charge in [0.05, 0.1) is 16.3 Å². The van der Waals surface area contributed by atoms with Crippen molar-refractivity contribution >= 4 is 23.6 Å². The van der Waals surface area contributed by atoms with E-state index >= 15 is 0 Å². The zero-order valence-corrected chi connectivity index (χ0v) is 9.81. The molecule has 0 bridgehead atoms. The summed E-state index contributed by atoms with van der Waals surface area (Å²) in [5.74, 6) is -0.833. The smallest absolute Gasteiger partial charge is 0.316 e. The molecule has 0 atom stereocenters. The van der Waals surface area contributed by atoms with Crippen LogP contribution in [-0.2, 0) is 6.42 Å². The maximum atomic E-state index is 10.9. The monoisotopic (exact) mass is 262 g/mol. The number of halogens is 1. The average molecular weight is 263 g/mol. The van der Waals surface area contributed by atoms with Crippen molar-refractivity contribution in [2.45, 2.75) is 6.42 Å². The van der Waals surface area contributed by atoms with Gasteiger partial charge in [0.15, 0.2) is 0 Å². The van der Waals surface area contributed by atoms with Gasteiger partial charge in [-0.05, 0) is 0 Å². The highest BCUT2D eigenvalue weighted by atomic mass is 35.5. The van der Waals surface area contributed by atoms with Crippen LogP contribution in [0.4, 0.5) is 0 Å². The lowest BCUT2D eigenvalue weighted by Gasteiger charge is -2.04. The van der Waals surface area contributed by atoms with Crippen molar-refractivity contribution in [2.24, 2.45) is 5.73 Å². The molecule has 0 saturated carbocycles. The lowest BCUT2D eigenvalue weighted by Crippen LogP contribution is -2.11. The zero-order chi connectivity index (χ0) is 12.7. The Morgan fingerprint density at radius 3 is 3.06 bits per heavy atom. The number of nitrogens with two attached hydrogens (primary N) is 1. The minimum Gasteiger partial charge on any atom is -0.361 e. The molecule has 1 aliphatic carbocycles. The molecule has 1 aliphatic rings. The normalized spacial score (nSPS) is 12.7. The van der Waals surface area contributed by atoms with Crippen LogP contribution in [0, 0.1) is 0 Å². The Morgan fingerprint density at radius 1 is 1.50 bits per heavy atom. The molecule has 7 heteroatoms. The number of fused-ring (bicyclic) bond motifs is 1. The summed E-state index contributed by atoms with van der Waals surface area (Å²) in [6, 6.07) is 0. The zero-order valence-electron chi connectivity index (χ0n) is 9.05. The van der Waals surface area contributed by atoms with Crippen LogP contribution in [0.15, 0.2) is 16.8 Å². The van der Waals surface area contributed by atoms with Crippen LogP contribution in [0.25, 0.3) is 17.5 Å². The minimum atomic E-state index is -0.779. The van der Waals surface area contributed by atoms with Crippen LogP contribution in [-0.4, -0.2) is 21.0 Å². The third-order valence-electron chi connectivity index (χ3n) is 2.61. The number of carbonyl (C=O) groups is 1. The third-order valence-corrected chi connectivity index (χ3v) is 3.01. The minimum absolute atomic E-state index is 0.199. The highest BCUT2D eigenvalue weighted by Crippen LogP contribution is 2.33. The lowest BCUT2D eigenvalue weighted by molar-refractivity contribution is 0.0958. The molecule has 2 aromatic rings. The van der Waals surface area contributed by atoms with Gasteiger partial charge in [0, 0.05) is 18.2 Å². The summed E-state index contributed by atoms with van der Waals surface area (Å²) in [7, 11) is 0. The molecule has 0 aliphatic heterocycles. The van der Waals surface area contributed by atoms with Crippen molar-refractivity contribution in [3.8, 4) is 11.4 Å². The Labute approximate surface area is 106 Å². The van der Waals surface area contributed by atoms with Crippen molar-refractivity contribution in [3.63, 3.8) is 0 Å². The van der Waals surface area contributed by atoms with Gasteiger partial charge in [-0.3, -0.25) is 9.78 Å². The molecule has 2 aromatic heterocycles. The molecule has 2 heterocycles. The fourth-order valence-electron chi connectivity index (χ4n) is 1.75. The van der Waals surface area contributed by atoms with Gasteiger partial charge in [0.1, 0.15) is 0 Å². The SMILES string of the molecule is NC(=O)c1nc(-c2cnc3c(c2Cl)C=CC3)no1. The summed E-state index contributed by atoms with van der Waals surface area (Å²) in [4.78, 5) is 19.0. The van der Waals surface area contributed by atoms with Gasteiger partial charge in [-0.25, -0.2) is 0 Å². The van der Waals surface area contributed by atoms with Gasteiger partial charge < -0.3 is 10.3 Å². The molecule has 0 fully saturated rings. The number of allylic oxidation sites excluding steroid dienone is 1. The van der Waals surface area contributed by atoms with Crippen LogP contribution in [0.2, 0.25) is 5.02 Å². The third kappa shape index (κ3) is 1.58. The highest BCUT2D eigenvalue weighted by Gasteiger charge is 2.19. The van der Waals surface area contributed by atoms with Crippen LogP contribution < -0.4 is 5.73 Å². The summed E-state index contributed by atoms with van der Waals surface area (Å²) in [6.07, 6.45) is 6.18. The first-order chi connectivity index (χ1) is 8.66. The van der Waals surface area contributed by atoms with Gasteiger partial charge in [0.25, 0.3) is 0 Å². The Hall–Kier alpha value is -2.21. The molecule has 6 nitrogen and oxygen atoms in total. The molecule has 0 saturated heterocycles. The van der Waals surface area contributed by atoms with Gasteiger partial charge in [-0.1, -0.05) is 28.9 Å². The van der Waals surface area contributed by atoms with E-state index in [2.05, 4.69) is 15.1 Å². The van der Waals surface area contributed by atoms with Crippen molar-refractivity contribution in [3.05, 3.63) is 34.4 Å². The second-order valence-electron chi connectivity index (χ2n) is 3.74. The van der Waals surface area contributed by atoms with E-state index < -0.39 is 5.91 Å². The Balaban J connectivity index is 2.11. The molecule has 0 aromatic carbocycles. The number of hydrogen-bond acceptors (Lipinski definition) is 5. The quantitative estimate of drug-likeness (QED) is 0.884. The second kappa shape index (κ2) is 3.92. The number of nitrogens with zero attached hydrogens (tertiary/aromatic N) is 3. The van der Waals surface area contributed by atoms with E-state index in [1.165, 1.54) is 0 Å². The Bertz CT molecular complexity index is 678. The van der Waals surface area contributed by atoms with Crippen molar-refractivity contribution in [1.82, 2.24) is 15.1 Å². The first-order valence-electron chi connectivity index (χ1n) is 5.14. The van der Waals surface area contributed by atoms with E-state index in [9.17, 15) is 4.79 Å². The first kappa shape index (κ1) is 10.9. The Kier molecular flexibility index (Phi) is 2.38. The average Bonchev–Trinajstić information content (AvgIpc) is 2.97. The number of carbonyl (C=O) groups excluding carboxylic acids is 1. The molecule has 1 amide bonds. The van der Waals surface area contributed by atoms with E-state index in [4.69, 9.17) is 21.9 Å². The molecule has 2 N–H and O–H groups in total. The number of primary amides is 1. The van der Waals surface area contributed by atoms with Crippen LogP contribution in [0.3, 0.4) is 0 Å². The number of hydrogen-bond donors (Lipinski definition) is 1. The Morgan fingerprint density at radius 2 is 2.33 bits per heavy atom. The summed E-state index contributed by atoms with van der Waals surface area (Å²) in [5.41, 5.74) is 7.30. The predicted molar refractivity (Wildman–Crippen MR) is 63.8 cm³/mol. The molecule has 0 radical (unpaired) electrons. The number of rotatable bonds is 2. The number of pyridine rings is 1. The van der Waals surface area contributed by atoms with E-state index in [0.717, 1.165) is 17.7 Å². The van der Waals surface area contributed by atoms with Crippen molar-refractivity contribution in [1.29, 1.82) is 0 Å². The molecule has 90 valence electrons. The molecule has 18 heavy (non-hydrogen) atoms. The maximum absolute atomic E-state index is 10.9. The van der Waals surface area contributed by atoms with Gasteiger partial charge >= 0.3 is 11.8 Å². The molecule has 3 rings (SSSR count). The highest BCUT2D eigenvalue weighted by molar-refractivity contribution is 6.34. The summed E-state index contributed by atoms with van der Waals surface area (Å²) >= 11 is 6.25. The summed E-state index contributed by atoms with van der Waals surface area (Å²) in [6.45, 7) is 0. The van der Waals surface area contributed by atoms with Gasteiger partial charge in [0.2, 0.25) is 5.82 Å². The first-order valence-corrected chi connectivity index (χ1v) is 5.52. The van der Waals surface area contributed by atoms with E-state index in [0.29, 0.717) is 10.6 Å². The topological polar surface area (TPSA) is 94.9 Å². The lowest BCUT2D eigenvalue weighted by atomic mass is 10.1.